The van der Waals surface area contributed by atoms with Crippen LogP contribution in [0.2, 0.25) is 0 Å². The van der Waals surface area contributed by atoms with Gasteiger partial charge in [-0.3, -0.25) is 5.41 Å². The van der Waals surface area contributed by atoms with Crippen LogP contribution in [0.3, 0.4) is 0 Å². The first-order chi connectivity index (χ1) is 9.22. The van der Waals surface area contributed by atoms with E-state index in [1.807, 2.05) is 20.8 Å². The molecule has 0 spiro atoms. The zero-order chi connectivity index (χ0) is 15.5. The molecule has 1 aromatic rings. The summed E-state index contributed by atoms with van der Waals surface area (Å²) in [5.74, 6) is -0.174. The number of pyridine rings is 1. The summed E-state index contributed by atoms with van der Waals surface area (Å²) in [6, 6.07) is 2.07. The first-order valence-electron chi connectivity index (χ1n) is 6.41. The van der Waals surface area contributed by atoms with E-state index in [0.29, 0.717) is 6.54 Å². The molecule has 1 atom stereocenters. The third-order valence-corrected chi connectivity index (χ3v) is 3.19. The van der Waals surface area contributed by atoms with Crippen molar-refractivity contribution in [1.29, 1.82) is 5.41 Å². The summed E-state index contributed by atoms with van der Waals surface area (Å²) >= 11 is 0. The number of hydrogen-bond donors (Lipinski definition) is 2. The highest BCUT2D eigenvalue weighted by Crippen LogP contribution is 2.31. The van der Waals surface area contributed by atoms with Crippen molar-refractivity contribution in [3.05, 3.63) is 23.4 Å². The molecule has 0 amide bonds. The fraction of sp³-hybridized carbons (Fsp3) is 0.538. The molecule has 1 heterocycles. The molecule has 20 heavy (non-hydrogen) atoms. The number of rotatable bonds is 5. The third-order valence-electron chi connectivity index (χ3n) is 3.19. The zero-order valence-electron chi connectivity index (χ0n) is 11.8. The third kappa shape index (κ3) is 3.40. The summed E-state index contributed by atoms with van der Waals surface area (Å²) in [6.07, 6.45) is -3.76. The number of hydrogen-bond acceptors (Lipinski definition) is 3. The molecule has 112 valence electrons. The van der Waals surface area contributed by atoms with Gasteiger partial charge in [0.2, 0.25) is 0 Å². The maximum Gasteiger partial charge on any atom is 0.433 e. The Balaban J connectivity index is 3.42. The van der Waals surface area contributed by atoms with Gasteiger partial charge in [-0.05, 0) is 32.4 Å². The Morgan fingerprint density at radius 1 is 1.40 bits per heavy atom. The number of aromatic nitrogens is 1. The van der Waals surface area contributed by atoms with E-state index in [4.69, 9.17) is 11.1 Å². The minimum absolute atomic E-state index is 0.00841. The quantitative estimate of drug-likeness (QED) is 0.646. The Kier molecular flexibility index (Phi) is 4.97. The number of amidine groups is 1. The Morgan fingerprint density at radius 3 is 2.40 bits per heavy atom. The average molecular weight is 288 g/mol. The monoisotopic (exact) mass is 288 g/mol. The summed E-state index contributed by atoms with van der Waals surface area (Å²) in [5, 5.41) is 7.50. The maximum atomic E-state index is 12.8. The highest BCUT2D eigenvalue weighted by Gasteiger charge is 2.34. The summed E-state index contributed by atoms with van der Waals surface area (Å²) in [4.78, 5) is 5.41. The van der Waals surface area contributed by atoms with Crippen molar-refractivity contribution in [2.75, 3.05) is 11.4 Å². The molecule has 0 aromatic carbocycles. The van der Waals surface area contributed by atoms with Gasteiger partial charge in [-0.15, -0.1) is 0 Å². The SMILES string of the molecule is CCC(C)N(CC)c1nc(C(F)(F)F)ccc1C(=N)N. The second-order valence-electron chi connectivity index (χ2n) is 4.52. The largest absolute Gasteiger partial charge is 0.433 e. The van der Waals surface area contributed by atoms with Crippen LogP contribution in [0.1, 0.15) is 38.4 Å². The molecule has 0 fully saturated rings. The molecule has 0 saturated heterocycles. The van der Waals surface area contributed by atoms with Crippen LogP contribution in [0.15, 0.2) is 12.1 Å². The lowest BCUT2D eigenvalue weighted by Crippen LogP contribution is -2.35. The lowest BCUT2D eigenvalue weighted by atomic mass is 10.1. The first-order valence-corrected chi connectivity index (χ1v) is 6.41. The highest BCUT2D eigenvalue weighted by atomic mass is 19.4. The van der Waals surface area contributed by atoms with E-state index in [1.165, 1.54) is 6.07 Å². The number of nitrogen functional groups attached to an aromatic ring is 1. The van der Waals surface area contributed by atoms with E-state index in [1.54, 1.807) is 4.90 Å². The van der Waals surface area contributed by atoms with Gasteiger partial charge >= 0.3 is 6.18 Å². The van der Waals surface area contributed by atoms with Gasteiger partial charge in [-0.25, -0.2) is 4.98 Å². The van der Waals surface area contributed by atoms with E-state index in [0.717, 1.165) is 12.5 Å². The maximum absolute atomic E-state index is 12.8. The van der Waals surface area contributed by atoms with E-state index in [-0.39, 0.29) is 23.3 Å². The van der Waals surface area contributed by atoms with Crippen molar-refractivity contribution in [1.82, 2.24) is 4.98 Å². The minimum atomic E-state index is -4.51. The lowest BCUT2D eigenvalue weighted by molar-refractivity contribution is -0.141. The molecule has 0 bridgehead atoms. The molecule has 0 aliphatic heterocycles. The molecule has 0 aliphatic rings. The van der Waals surface area contributed by atoms with Gasteiger partial charge in [0.15, 0.2) is 0 Å². The normalized spacial score (nSPS) is 13.1. The van der Waals surface area contributed by atoms with Crippen LogP contribution in [0.25, 0.3) is 0 Å². The van der Waals surface area contributed by atoms with Gasteiger partial charge in [0.25, 0.3) is 0 Å². The molecular weight excluding hydrogens is 269 g/mol. The van der Waals surface area contributed by atoms with Crippen LogP contribution in [-0.4, -0.2) is 23.4 Å². The Labute approximate surface area is 116 Å². The van der Waals surface area contributed by atoms with Crippen LogP contribution in [0.5, 0.6) is 0 Å². The number of nitrogens with one attached hydrogen (secondary N) is 1. The van der Waals surface area contributed by atoms with Gasteiger partial charge in [0.1, 0.15) is 17.3 Å². The van der Waals surface area contributed by atoms with Gasteiger partial charge in [0.05, 0.1) is 5.56 Å². The van der Waals surface area contributed by atoms with Crippen molar-refractivity contribution in [3.8, 4) is 0 Å². The summed E-state index contributed by atoms with van der Waals surface area (Å²) in [7, 11) is 0. The topological polar surface area (TPSA) is 66.0 Å². The summed E-state index contributed by atoms with van der Waals surface area (Å²) < 4.78 is 38.4. The number of anilines is 1. The Morgan fingerprint density at radius 2 is 2.00 bits per heavy atom. The lowest BCUT2D eigenvalue weighted by Gasteiger charge is -2.30. The van der Waals surface area contributed by atoms with E-state index < -0.39 is 11.9 Å². The summed E-state index contributed by atoms with van der Waals surface area (Å²) in [5.41, 5.74) is 4.69. The van der Waals surface area contributed by atoms with Crippen molar-refractivity contribution in [2.24, 2.45) is 5.73 Å². The molecule has 1 unspecified atom stereocenters. The second-order valence-corrected chi connectivity index (χ2v) is 4.52. The smallest absolute Gasteiger partial charge is 0.384 e. The zero-order valence-corrected chi connectivity index (χ0v) is 11.8. The first kappa shape index (κ1) is 16.3. The van der Waals surface area contributed by atoms with Gasteiger partial charge < -0.3 is 10.6 Å². The number of nitrogens with two attached hydrogens (primary N) is 1. The Hall–Kier alpha value is -1.79. The van der Waals surface area contributed by atoms with Gasteiger partial charge in [-0.2, -0.15) is 13.2 Å². The predicted octanol–water partition coefficient (Wildman–Crippen LogP) is 3.01. The molecule has 7 heteroatoms. The minimum Gasteiger partial charge on any atom is -0.384 e. The van der Waals surface area contributed by atoms with E-state index in [2.05, 4.69) is 4.98 Å². The van der Waals surface area contributed by atoms with Crippen molar-refractivity contribution in [2.45, 2.75) is 39.4 Å². The molecule has 0 radical (unpaired) electrons. The molecule has 0 saturated carbocycles. The van der Waals surface area contributed by atoms with Gasteiger partial charge in [-0.1, -0.05) is 6.92 Å². The average Bonchev–Trinajstić information content (AvgIpc) is 2.37. The number of nitrogens with zero attached hydrogens (tertiary/aromatic N) is 2. The second kappa shape index (κ2) is 6.11. The van der Waals surface area contributed by atoms with Crippen LogP contribution in [-0.2, 0) is 6.18 Å². The van der Waals surface area contributed by atoms with Crippen LogP contribution in [0.4, 0.5) is 19.0 Å². The number of alkyl halides is 3. The van der Waals surface area contributed by atoms with Crippen LogP contribution < -0.4 is 10.6 Å². The fourth-order valence-electron chi connectivity index (χ4n) is 1.93. The molecule has 0 aliphatic carbocycles. The molecular formula is C13H19F3N4. The molecule has 3 N–H and O–H groups in total. The van der Waals surface area contributed by atoms with Crippen LogP contribution >= 0.6 is 0 Å². The van der Waals surface area contributed by atoms with Crippen LogP contribution in [0, 0.1) is 5.41 Å². The standard InChI is InChI=1S/C13H19F3N4/c1-4-8(3)20(5-2)12-9(11(17)18)6-7-10(19-12)13(14,15)16/h6-8H,4-5H2,1-3H3,(H3,17,18). The Bertz CT molecular complexity index is 485. The molecule has 1 rings (SSSR count). The number of halogens is 3. The van der Waals surface area contributed by atoms with Crippen molar-refractivity contribution < 1.29 is 13.2 Å². The van der Waals surface area contributed by atoms with Crippen molar-refractivity contribution >= 4 is 11.7 Å². The highest BCUT2D eigenvalue weighted by molar-refractivity contribution is 5.99. The predicted molar refractivity (Wildman–Crippen MR) is 73.0 cm³/mol. The van der Waals surface area contributed by atoms with Gasteiger partial charge in [0, 0.05) is 12.6 Å². The van der Waals surface area contributed by atoms with Crippen molar-refractivity contribution in [3.63, 3.8) is 0 Å². The molecule has 1 aromatic heterocycles. The van der Waals surface area contributed by atoms with E-state index in [9.17, 15) is 13.2 Å². The fourth-order valence-corrected chi connectivity index (χ4v) is 1.93. The summed E-state index contributed by atoms with van der Waals surface area (Å²) in [6.45, 7) is 6.16. The molecule has 4 nitrogen and oxygen atoms in total. The van der Waals surface area contributed by atoms with E-state index >= 15 is 0 Å².